The van der Waals surface area contributed by atoms with Gasteiger partial charge in [-0.1, -0.05) is 23.9 Å². The molecule has 130 valence electrons. The van der Waals surface area contributed by atoms with Crippen LogP contribution in [0.15, 0.2) is 24.3 Å². The molecule has 0 atom stereocenters. The second kappa shape index (κ2) is 7.79. The van der Waals surface area contributed by atoms with Crippen LogP contribution >= 0.6 is 11.8 Å². The number of anilines is 1. The van der Waals surface area contributed by atoms with Crippen LogP contribution in [-0.4, -0.2) is 72.6 Å². The van der Waals surface area contributed by atoms with Crippen molar-refractivity contribution in [3.63, 3.8) is 0 Å². The normalized spacial score (nSPS) is 18.2. The molecule has 0 radical (unpaired) electrons. The molecule has 0 spiro atoms. The Labute approximate surface area is 146 Å². The molecule has 0 aliphatic carbocycles. The van der Waals surface area contributed by atoms with Crippen LogP contribution in [0.5, 0.6) is 5.75 Å². The van der Waals surface area contributed by atoms with Crippen LogP contribution in [0.4, 0.5) is 10.5 Å². The summed E-state index contributed by atoms with van der Waals surface area (Å²) in [6.45, 7) is 6.40. The molecule has 1 aromatic rings. The SMILES string of the molecule is CCOc1ccccc1N1CCN(C(=O)CN2CCSC2=O)CC1. The van der Waals surface area contributed by atoms with Gasteiger partial charge in [-0.3, -0.25) is 9.59 Å². The van der Waals surface area contributed by atoms with Crippen molar-refractivity contribution >= 4 is 28.6 Å². The number of carbonyl (C=O) groups excluding carboxylic acids is 2. The molecule has 0 bridgehead atoms. The first kappa shape index (κ1) is 17.0. The van der Waals surface area contributed by atoms with Gasteiger partial charge in [0.15, 0.2) is 0 Å². The molecule has 2 fully saturated rings. The number of piperazine rings is 1. The summed E-state index contributed by atoms with van der Waals surface area (Å²) in [5.41, 5.74) is 1.08. The molecule has 7 heteroatoms. The topological polar surface area (TPSA) is 53.1 Å². The molecule has 2 heterocycles. The van der Waals surface area contributed by atoms with E-state index in [2.05, 4.69) is 11.0 Å². The second-order valence-electron chi connectivity index (χ2n) is 5.80. The van der Waals surface area contributed by atoms with Gasteiger partial charge in [0.1, 0.15) is 12.3 Å². The van der Waals surface area contributed by atoms with Crippen LogP contribution in [0.2, 0.25) is 0 Å². The van der Waals surface area contributed by atoms with Crippen molar-refractivity contribution in [3.8, 4) is 5.75 Å². The van der Waals surface area contributed by atoms with E-state index in [1.807, 2.05) is 30.0 Å². The Morgan fingerprint density at radius 3 is 2.58 bits per heavy atom. The van der Waals surface area contributed by atoms with Gasteiger partial charge in [-0.25, -0.2) is 0 Å². The van der Waals surface area contributed by atoms with Crippen molar-refractivity contribution < 1.29 is 14.3 Å². The highest BCUT2D eigenvalue weighted by Crippen LogP contribution is 2.28. The molecule has 0 unspecified atom stereocenters. The Kier molecular flexibility index (Phi) is 5.50. The van der Waals surface area contributed by atoms with Crippen LogP contribution in [0.1, 0.15) is 6.92 Å². The lowest BCUT2D eigenvalue weighted by molar-refractivity contribution is -0.131. The maximum atomic E-state index is 12.4. The highest BCUT2D eigenvalue weighted by atomic mass is 32.2. The zero-order valence-electron chi connectivity index (χ0n) is 13.9. The van der Waals surface area contributed by atoms with Crippen molar-refractivity contribution in [2.45, 2.75) is 6.92 Å². The lowest BCUT2D eigenvalue weighted by atomic mass is 10.2. The Morgan fingerprint density at radius 1 is 1.17 bits per heavy atom. The molecule has 0 aromatic heterocycles. The van der Waals surface area contributed by atoms with E-state index in [0.29, 0.717) is 26.2 Å². The third-order valence-corrected chi connectivity index (χ3v) is 5.20. The summed E-state index contributed by atoms with van der Waals surface area (Å²) < 4.78 is 5.70. The first-order valence-electron chi connectivity index (χ1n) is 8.35. The van der Waals surface area contributed by atoms with Gasteiger partial charge in [-0.05, 0) is 19.1 Å². The molecular weight excluding hydrogens is 326 g/mol. The highest BCUT2D eigenvalue weighted by molar-refractivity contribution is 8.13. The number of nitrogens with zero attached hydrogens (tertiary/aromatic N) is 3. The maximum Gasteiger partial charge on any atom is 0.282 e. The van der Waals surface area contributed by atoms with Gasteiger partial charge in [-0.15, -0.1) is 0 Å². The minimum atomic E-state index is 0.0210. The molecule has 0 saturated carbocycles. The van der Waals surface area contributed by atoms with E-state index in [1.54, 1.807) is 4.90 Å². The number of thioether (sulfide) groups is 1. The van der Waals surface area contributed by atoms with Crippen LogP contribution < -0.4 is 9.64 Å². The summed E-state index contributed by atoms with van der Waals surface area (Å²) in [5.74, 6) is 1.72. The van der Waals surface area contributed by atoms with Gasteiger partial charge in [0.2, 0.25) is 5.91 Å². The number of rotatable bonds is 5. The largest absolute Gasteiger partial charge is 0.492 e. The molecule has 2 saturated heterocycles. The van der Waals surface area contributed by atoms with Crippen LogP contribution in [0, 0.1) is 0 Å². The van der Waals surface area contributed by atoms with Crippen molar-refractivity contribution in [1.82, 2.24) is 9.80 Å². The predicted octanol–water partition coefficient (Wildman–Crippen LogP) is 1.90. The van der Waals surface area contributed by atoms with E-state index in [-0.39, 0.29) is 17.7 Å². The lowest BCUT2D eigenvalue weighted by Crippen LogP contribution is -2.51. The third kappa shape index (κ3) is 3.77. The Morgan fingerprint density at radius 2 is 1.92 bits per heavy atom. The molecule has 3 rings (SSSR count). The zero-order valence-corrected chi connectivity index (χ0v) is 14.8. The molecule has 2 amide bonds. The number of carbonyl (C=O) groups is 2. The van der Waals surface area contributed by atoms with Crippen LogP contribution in [-0.2, 0) is 4.79 Å². The number of hydrogen-bond acceptors (Lipinski definition) is 5. The van der Waals surface area contributed by atoms with E-state index in [4.69, 9.17) is 4.74 Å². The minimum absolute atomic E-state index is 0.0210. The smallest absolute Gasteiger partial charge is 0.282 e. The standard InChI is InChI=1S/C17H23N3O3S/c1-2-23-15-6-4-3-5-14(15)18-7-9-19(10-8-18)16(21)13-20-11-12-24-17(20)22/h3-6H,2,7-13H2,1H3. The van der Waals surface area contributed by atoms with Crippen LogP contribution in [0.3, 0.4) is 0 Å². The summed E-state index contributed by atoms with van der Waals surface area (Å²) in [7, 11) is 0. The molecule has 24 heavy (non-hydrogen) atoms. The molecular formula is C17H23N3O3S. The summed E-state index contributed by atoms with van der Waals surface area (Å²) >= 11 is 1.29. The van der Waals surface area contributed by atoms with E-state index in [0.717, 1.165) is 30.3 Å². The van der Waals surface area contributed by atoms with E-state index in [9.17, 15) is 9.59 Å². The van der Waals surface area contributed by atoms with Crippen molar-refractivity contribution in [2.24, 2.45) is 0 Å². The third-order valence-electron chi connectivity index (χ3n) is 4.31. The van der Waals surface area contributed by atoms with Gasteiger partial charge in [-0.2, -0.15) is 0 Å². The minimum Gasteiger partial charge on any atom is -0.492 e. The zero-order chi connectivity index (χ0) is 16.9. The fourth-order valence-corrected chi connectivity index (χ4v) is 3.85. The Hall–Kier alpha value is -1.89. The van der Waals surface area contributed by atoms with Gasteiger partial charge in [0.05, 0.1) is 12.3 Å². The molecule has 0 N–H and O–H groups in total. The summed E-state index contributed by atoms with van der Waals surface area (Å²) in [6, 6.07) is 8.01. The van der Waals surface area contributed by atoms with Gasteiger partial charge in [0, 0.05) is 38.5 Å². The predicted molar refractivity (Wildman–Crippen MR) is 95.8 cm³/mol. The number of ether oxygens (including phenoxy) is 1. The molecule has 2 aliphatic heterocycles. The number of para-hydroxylation sites is 2. The fourth-order valence-electron chi connectivity index (χ4n) is 3.03. The fraction of sp³-hybridized carbons (Fsp3) is 0.529. The summed E-state index contributed by atoms with van der Waals surface area (Å²) in [6.07, 6.45) is 0. The van der Waals surface area contributed by atoms with Gasteiger partial charge in [0.25, 0.3) is 5.24 Å². The van der Waals surface area contributed by atoms with E-state index in [1.165, 1.54) is 11.8 Å². The monoisotopic (exact) mass is 349 g/mol. The Bertz CT molecular complexity index is 602. The van der Waals surface area contributed by atoms with E-state index < -0.39 is 0 Å². The summed E-state index contributed by atoms with van der Waals surface area (Å²) in [5, 5.41) is 0.0210. The summed E-state index contributed by atoms with van der Waals surface area (Å²) in [4.78, 5) is 29.8. The highest BCUT2D eigenvalue weighted by Gasteiger charge is 2.28. The molecule has 2 aliphatic rings. The van der Waals surface area contributed by atoms with Crippen molar-refractivity contribution in [3.05, 3.63) is 24.3 Å². The van der Waals surface area contributed by atoms with Crippen molar-refractivity contribution in [2.75, 3.05) is 56.5 Å². The molecule has 1 aromatic carbocycles. The average molecular weight is 349 g/mol. The van der Waals surface area contributed by atoms with Crippen molar-refractivity contribution in [1.29, 1.82) is 0 Å². The lowest BCUT2D eigenvalue weighted by Gasteiger charge is -2.37. The van der Waals surface area contributed by atoms with Gasteiger partial charge >= 0.3 is 0 Å². The first-order valence-corrected chi connectivity index (χ1v) is 9.34. The average Bonchev–Trinajstić information content (AvgIpc) is 3.01. The molecule has 6 nitrogen and oxygen atoms in total. The number of benzene rings is 1. The second-order valence-corrected chi connectivity index (χ2v) is 6.85. The van der Waals surface area contributed by atoms with E-state index >= 15 is 0 Å². The Balaban J connectivity index is 1.56. The van der Waals surface area contributed by atoms with Crippen LogP contribution in [0.25, 0.3) is 0 Å². The first-order chi connectivity index (χ1) is 11.7. The maximum absolute atomic E-state index is 12.4. The van der Waals surface area contributed by atoms with Gasteiger partial charge < -0.3 is 19.4 Å². The number of hydrogen-bond donors (Lipinski definition) is 0. The number of amides is 2. The quantitative estimate of drug-likeness (QED) is 0.813.